The molecule has 2 N–H and O–H groups in total. The van der Waals surface area contributed by atoms with Crippen LogP contribution in [0.5, 0.6) is 0 Å². The summed E-state index contributed by atoms with van der Waals surface area (Å²) in [6.07, 6.45) is 1.94. The van der Waals surface area contributed by atoms with E-state index in [0.29, 0.717) is 0 Å². The van der Waals surface area contributed by atoms with E-state index < -0.39 is 0 Å². The van der Waals surface area contributed by atoms with Gasteiger partial charge in [0.25, 0.3) is 0 Å². The van der Waals surface area contributed by atoms with Gasteiger partial charge in [0.15, 0.2) is 0 Å². The van der Waals surface area contributed by atoms with Crippen LogP contribution in [0.4, 0.5) is 0 Å². The van der Waals surface area contributed by atoms with Crippen molar-refractivity contribution in [1.29, 1.82) is 0 Å². The molecule has 0 bridgehead atoms. The zero-order valence-corrected chi connectivity index (χ0v) is 11.4. The van der Waals surface area contributed by atoms with Crippen molar-refractivity contribution in [2.75, 3.05) is 0 Å². The Kier molecular flexibility index (Phi) is 3.35. The predicted molar refractivity (Wildman–Crippen MR) is 80.8 cm³/mol. The summed E-state index contributed by atoms with van der Waals surface area (Å²) in [6.45, 7) is 2.07. The monoisotopic (exact) mass is 263 g/mol. The Morgan fingerprint density at radius 1 is 0.950 bits per heavy atom. The third kappa shape index (κ3) is 2.49. The van der Waals surface area contributed by atoms with Gasteiger partial charge in [0.1, 0.15) is 0 Å². The highest BCUT2D eigenvalue weighted by molar-refractivity contribution is 5.33. The molecule has 0 aliphatic rings. The molecule has 0 aliphatic carbocycles. The summed E-state index contributed by atoms with van der Waals surface area (Å²) in [5.74, 6) is 0. The minimum absolute atomic E-state index is 0.194. The largest absolute Gasteiger partial charge is 0.319 e. The lowest BCUT2D eigenvalue weighted by molar-refractivity contribution is 0.773. The lowest BCUT2D eigenvalue weighted by Gasteiger charge is -2.09. The van der Waals surface area contributed by atoms with Gasteiger partial charge in [-0.2, -0.15) is 5.10 Å². The normalized spacial score (nSPS) is 12.3. The lowest BCUT2D eigenvalue weighted by Crippen LogP contribution is -2.13. The molecular formula is C17H17N3. The number of hydrogen-bond donors (Lipinski definition) is 1. The number of nitrogens with two attached hydrogens (primary N) is 1. The van der Waals surface area contributed by atoms with Crippen LogP contribution in [-0.2, 0) is 0 Å². The van der Waals surface area contributed by atoms with Gasteiger partial charge in [-0.1, -0.05) is 48.0 Å². The van der Waals surface area contributed by atoms with Crippen LogP contribution < -0.4 is 5.73 Å². The highest BCUT2D eigenvalue weighted by atomic mass is 15.3. The number of benzene rings is 2. The van der Waals surface area contributed by atoms with Crippen LogP contribution in [0.25, 0.3) is 5.69 Å². The average molecular weight is 263 g/mol. The van der Waals surface area contributed by atoms with Gasteiger partial charge in [0.05, 0.1) is 17.4 Å². The highest BCUT2D eigenvalue weighted by Gasteiger charge is 2.12. The van der Waals surface area contributed by atoms with E-state index in [4.69, 9.17) is 5.73 Å². The van der Waals surface area contributed by atoms with Crippen LogP contribution in [0.1, 0.15) is 22.9 Å². The minimum Gasteiger partial charge on any atom is -0.319 e. The highest BCUT2D eigenvalue weighted by Crippen LogP contribution is 2.19. The number of hydrogen-bond acceptors (Lipinski definition) is 2. The van der Waals surface area contributed by atoms with E-state index in [1.165, 1.54) is 5.56 Å². The molecule has 0 fully saturated rings. The van der Waals surface area contributed by atoms with Gasteiger partial charge in [-0.3, -0.25) is 0 Å². The lowest BCUT2D eigenvalue weighted by atomic mass is 10.0. The summed E-state index contributed by atoms with van der Waals surface area (Å²) in [6, 6.07) is 20.1. The molecule has 1 aromatic heterocycles. The SMILES string of the molecule is Cc1ccc(C(N)c2ccn(-c3ccccc3)n2)cc1. The fourth-order valence-electron chi connectivity index (χ4n) is 2.17. The van der Waals surface area contributed by atoms with Crippen molar-refractivity contribution in [1.82, 2.24) is 9.78 Å². The Hall–Kier alpha value is -2.39. The van der Waals surface area contributed by atoms with Gasteiger partial charge < -0.3 is 5.73 Å². The fourth-order valence-corrected chi connectivity index (χ4v) is 2.17. The molecule has 1 atom stereocenters. The molecule has 100 valence electrons. The van der Waals surface area contributed by atoms with Crippen molar-refractivity contribution in [2.24, 2.45) is 5.73 Å². The molecule has 0 spiro atoms. The van der Waals surface area contributed by atoms with E-state index in [2.05, 4.69) is 36.3 Å². The first kappa shape index (κ1) is 12.6. The van der Waals surface area contributed by atoms with Gasteiger partial charge >= 0.3 is 0 Å². The molecule has 3 heteroatoms. The number of nitrogens with zero attached hydrogens (tertiary/aromatic N) is 2. The molecule has 2 aromatic carbocycles. The maximum atomic E-state index is 6.28. The van der Waals surface area contributed by atoms with E-state index in [-0.39, 0.29) is 6.04 Å². The maximum absolute atomic E-state index is 6.28. The van der Waals surface area contributed by atoms with E-state index in [0.717, 1.165) is 16.9 Å². The number of para-hydroxylation sites is 1. The smallest absolute Gasteiger partial charge is 0.0841 e. The topological polar surface area (TPSA) is 43.8 Å². The molecule has 0 radical (unpaired) electrons. The Balaban J connectivity index is 1.88. The summed E-state index contributed by atoms with van der Waals surface area (Å²) in [7, 11) is 0. The predicted octanol–water partition coefficient (Wildman–Crippen LogP) is 3.23. The molecule has 1 heterocycles. The molecule has 1 unspecified atom stereocenters. The summed E-state index contributed by atoms with van der Waals surface area (Å²) in [5.41, 5.74) is 10.5. The third-order valence-corrected chi connectivity index (χ3v) is 3.39. The fraction of sp³-hybridized carbons (Fsp3) is 0.118. The first-order chi connectivity index (χ1) is 9.74. The summed E-state index contributed by atoms with van der Waals surface area (Å²) < 4.78 is 1.85. The van der Waals surface area contributed by atoms with E-state index in [1.54, 1.807) is 0 Å². The van der Waals surface area contributed by atoms with Crippen molar-refractivity contribution in [3.05, 3.63) is 83.7 Å². The average Bonchev–Trinajstić information content (AvgIpc) is 2.98. The Morgan fingerprint density at radius 3 is 2.35 bits per heavy atom. The molecule has 3 rings (SSSR count). The number of aryl methyl sites for hydroxylation is 1. The van der Waals surface area contributed by atoms with Crippen molar-refractivity contribution < 1.29 is 0 Å². The second-order valence-electron chi connectivity index (χ2n) is 4.91. The standard InChI is InChI=1S/C17H17N3/c1-13-7-9-14(10-8-13)17(18)16-11-12-20(19-16)15-5-3-2-4-6-15/h2-12,17H,18H2,1H3. The summed E-state index contributed by atoms with van der Waals surface area (Å²) in [5, 5.41) is 4.57. The van der Waals surface area contributed by atoms with Gasteiger partial charge in [-0.05, 0) is 30.7 Å². The second-order valence-corrected chi connectivity index (χ2v) is 4.91. The number of rotatable bonds is 3. The van der Waals surface area contributed by atoms with Crippen molar-refractivity contribution >= 4 is 0 Å². The van der Waals surface area contributed by atoms with Crippen LogP contribution in [0.2, 0.25) is 0 Å². The Labute approximate surface area is 118 Å². The van der Waals surface area contributed by atoms with Crippen LogP contribution >= 0.6 is 0 Å². The van der Waals surface area contributed by atoms with Gasteiger partial charge in [0, 0.05) is 6.20 Å². The molecule has 3 aromatic rings. The Bertz CT molecular complexity index is 684. The maximum Gasteiger partial charge on any atom is 0.0841 e. The van der Waals surface area contributed by atoms with Crippen molar-refractivity contribution in [2.45, 2.75) is 13.0 Å². The van der Waals surface area contributed by atoms with E-state index in [9.17, 15) is 0 Å². The summed E-state index contributed by atoms with van der Waals surface area (Å²) >= 11 is 0. The Morgan fingerprint density at radius 2 is 1.65 bits per heavy atom. The van der Waals surface area contributed by atoms with E-state index >= 15 is 0 Å². The molecule has 0 saturated carbocycles. The molecule has 20 heavy (non-hydrogen) atoms. The first-order valence-corrected chi connectivity index (χ1v) is 6.67. The third-order valence-electron chi connectivity index (χ3n) is 3.39. The van der Waals surface area contributed by atoms with Gasteiger partial charge in [0.2, 0.25) is 0 Å². The van der Waals surface area contributed by atoms with Crippen molar-refractivity contribution in [3.63, 3.8) is 0 Å². The molecule has 0 saturated heterocycles. The molecule has 0 aliphatic heterocycles. The van der Waals surface area contributed by atoms with Gasteiger partial charge in [-0.25, -0.2) is 4.68 Å². The zero-order valence-electron chi connectivity index (χ0n) is 11.4. The zero-order chi connectivity index (χ0) is 13.9. The molecule has 0 amide bonds. The van der Waals surface area contributed by atoms with Crippen molar-refractivity contribution in [3.8, 4) is 5.69 Å². The summed E-state index contributed by atoms with van der Waals surface area (Å²) in [4.78, 5) is 0. The molecule has 3 nitrogen and oxygen atoms in total. The van der Waals surface area contributed by atoms with Crippen LogP contribution in [0.3, 0.4) is 0 Å². The van der Waals surface area contributed by atoms with Crippen LogP contribution in [0, 0.1) is 6.92 Å². The quantitative estimate of drug-likeness (QED) is 0.788. The first-order valence-electron chi connectivity index (χ1n) is 6.67. The van der Waals surface area contributed by atoms with Crippen LogP contribution in [-0.4, -0.2) is 9.78 Å². The van der Waals surface area contributed by atoms with Crippen LogP contribution in [0.15, 0.2) is 66.9 Å². The van der Waals surface area contributed by atoms with Gasteiger partial charge in [-0.15, -0.1) is 0 Å². The number of aromatic nitrogens is 2. The minimum atomic E-state index is -0.194. The van der Waals surface area contributed by atoms with E-state index in [1.807, 2.05) is 47.3 Å². The second kappa shape index (κ2) is 5.31. The molecular weight excluding hydrogens is 246 g/mol.